The van der Waals surface area contributed by atoms with Crippen LogP contribution in [0, 0.1) is 0 Å². The molecule has 0 unspecified atom stereocenters. The van der Waals surface area contributed by atoms with Gasteiger partial charge >= 0.3 is 0 Å². The van der Waals surface area contributed by atoms with Crippen LogP contribution in [0.15, 0.2) is 46.7 Å². The molecule has 1 atom stereocenters. The van der Waals surface area contributed by atoms with E-state index in [0.717, 1.165) is 16.2 Å². The van der Waals surface area contributed by atoms with Gasteiger partial charge in [-0.25, -0.2) is 4.98 Å². The molecule has 2 aromatic carbocycles. The number of aromatic amines is 1. The van der Waals surface area contributed by atoms with Crippen molar-refractivity contribution in [1.82, 2.24) is 15.0 Å². The number of para-hydroxylation sites is 2. The summed E-state index contributed by atoms with van der Waals surface area (Å²) < 4.78 is 22.3. The molecule has 9 nitrogen and oxygen atoms in total. The van der Waals surface area contributed by atoms with Crippen molar-refractivity contribution >= 4 is 34.6 Å². The lowest BCUT2D eigenvalue weighted by atomic mass is 10.1. The molecule has 2 heterocycles. The molecule has 0 bridgehead atoms. The molecule has 1 aliphatic rings. The Kier molecular flexibility index (Phi) is 5.90. The first-order valence-electron chi connectivity index (χ1n) is 9.45. The van der Waals surface area contributed by atoms with Crippen molar-refractivity contribution in [2.75, 3.05) is 27.1 Å². The lowest BCUT2D eigenvalue weighted by molar-refractivity contribution is -0.135. The maximum atomic E-state index is 12.3. The number of hydrogen-bond acceptors (Lipinski definition) is 8. The fourth-order valence-corrected chi connectivity index (χ4v) is 3.97. The molecule has 1 aliphatic heterocycles. The van der Waals surface area contributed by atoms with Crippen LogP contribution in [0.1, 0.15) is 18.7 Å². The van der Waals surface area contributed by atoms with E-state index in [-0.39, 0.29) is 5.91 Å². The Morgan fingerprint density at radius 1 is 1.13 bits per heavy atom. The Morgan fingerprint density at radius 3 is 2.52 bits per heavy atom. The maximum Gasteiger partial charge on any atom is 0.243 e. The number of nitrogens with one attached hydrogen (secondary N) is 1. The van der Waals surface area contributed by atoms with Crippen molar-refractivity contribution in [3.05, 3.63) is 42.0 Å². The van der Waals surface area contributed by atoms with Crippen molar-refractivity contribution in [3.8, 4) is 17.2 Å². The number of amides is 1. The Balaban J connectivity index is 1.57. The van der Waals surface area contributed by atoms with Crippen molar-refractivity contribution in [1.29, 1.82) is 0 Å². The topological polar surface area (TPSA) is 98.3 Å². The average molecular weight is 442 g/mol. The number of H-pyrrole nitrogens is 1. The number of thioether (sulfide) groups is 1. The fraction of sp³-hybridized carbons (Fsp3) is 0.286. The summed E-state index contributed by atoms with van der Waals surface area (Å²) in [6, 6.07) is 11.2. The molecule has 3 aromatic rings. The van der Waals surface area contributed by atoms with Gasteiger partial charge in [0, 0.05) is 13.0 Å². The van der Waals surface area contributed by atoms with Gasteiger partial charge in [0.15, 0.2) is 16.7 Å². The number of carbonyl (C=O) groups is 1. The average Bonchev–Trinajstić information content (AvgIpc) is 3.40. The Morgan fingerprint density at radius 2 is 1.84 bits per heavy atom. The zero-order valence-corrected chi connectivity index (χ0v) is 18.4. The number of carbonyl (C=O) groups excluding carboxylic acids is 1. The molecule has 1 N–H and O–H groups in total. The number of hydrazone groups is 1. The number of aromatic nitrogens is 2. The predicted octanol–water partition coefficient (Wildman–Crippen LogP) is 3.57. The van der Waals surface area contributed by atoms with E-state index >= 15 is 0 Å². The third kappa shape index (κ3) is 4.11. The van der Waals surface area contributed by atoms with Crippen LogP contribution in [-0.2, 0) is 9.53 Å². The fourth-order valence-electron chi connectivity index (χ4n) is 3.24. The number of methoxy groups -OCH3 is 3. The van der Waals surface area contributed by atoms with Gasteiger partial charge in [0.05, 0.1) is 43.7 Å². The van der Waals surface area contributed by atoms with Crippen molar-refractivity contribution in [2.45, 2.75) is 18.3 Å². The predicted molar refractivity (Wildman–Crippen MR) is 117 cm³/mol. The molecule has 0 aliphatic carbocycles. The number of rotatable bonds is 7. The minimum Gasteiger partial charge on any atom is -0.496 e. The van der Waals surface area contributed by atoms with Crippen LogP contribution in [0.3, 0.4) is 0 Å². The van der Waals surface area contributed by atoms with E-state index in [1.54, 1.807) is 19.2 Å². The van der Waals surface area contributed by atoms with Gasteiger partial charge in [0.1, 0.15) is 5.75 Å². The summed E-state index contributed by atoms with van der Waals surface area (Å²) in [6.45, 7) is 1.43. The standard InChI is InChI=1S/C21H22N4O5S/c1-12(26)25-20(13-9-17(28-3)18(29-4)10-16(13)27-2)30-19(24-25)11-31-21-22-14-7-5-6-8-15(14)23-21/h5-10,20H,11H2,1-4H3,(H,22,23)/t20-/m0/s1. The van der Waals surface area contributed by atoms with Gasteiger partial charge in [-0.3, -0.25) is 4.79 Å². The van der Waals surface area contributed by atoms with E-state index in [0.29, 0.717) is 34.5 Å². The summed E-state index contributed by atoms with van der Waals surface area (Å²) in [7, 11) is 4.62. The second-order valence-electron chi connectivity index (χ2n) is 6.62. The van der Waals surface area contributed by atoms with Crippen LogP contribution in [0.2, 0.25) is 0 Å². The molecule has 31 heavy (non-hydrogen) atoms. The Labute approximate surface area is 183 Å². The van der Waals surface area contributed by atoms with Gasteiger partial charge in [-0.15, -0.1) is 5.10 Å². The summed E-state index contributed by atoms with van der Waals surface area (Å²) in [6.07, 6.45) is -0.779. The highest BCUT2D eigenvalue weighted by molar-refractivity contribution is 7.99. The molecule has 1 amide bonds. The van der Waals surface area contributed by atoms with Crippen LogP contribution >= 0.6 is 11.8 Å². The highest BCUT2D eigenvalue weighted by atomic mass is 32.2. The van der Waals surface area contributed by atoms with Crippen LogP contribution < -0.4 is 14.2 Å². The summed E-state index contributed by atoms with van der Waals surface area (Å²) in [5, 5.41) is 6.41. The maximum absolute atomic E-state index is 12.3. The minimum absolute atomic E-state index is 0.259. The van der Waals surface area contributed by atoms with Gasteiger partial charge in [0.2, 0.25) is 18.0 Å². The highest BCUT2D eigenvalue weighted by Gasteiger charge is 2.35. The second kappa shape index (κ2) is 8.76. The zero-order valence-electron chi connectivity index (χ0n) is 17.5. The summed E-state index contributed by atoms with van der Waals surface area (Å²) in [5.74, 6) is 2.05. The summed E-state index contributed by atoms with van der Waals surface area (Å²) in [5.41, 5.74) is 2.44. The van der Waals surface area contributed by atoms with Crippen LogP contribution in [0.4, 0.5) is 0 Å². The Bertz CT molecular complexity index is 1110. The molecule has 162 valence electrons. The van der Waals surface area contributed by atoms with E-state index in [4.69, 9.17) is 18.9 Å². The van der Waals surface area contributed by atoms with E-state index in [1.807, 2.05) is 24.3 Å². The Hall–Kier alpha value is -3.40. The molecule has 0 fully saturated rings. The monoisotopic (exact) mass is 442 g/mol. The number of hydrogen-bond donors (Lipinski definition) is 1. The van der Waals surface area contributed by atoms with Crippen LogP contribution in [-0.4, -0.2) is 53.9 Å². The number of imidazole rings is 1. The van der Waals surface area contributed by atoms with Crippen LogP contribution in [0.25, 0.3) is 11.0 Å². The first-order chi connectivity index (χ1) is 15.0. The third-order valence-corrected chi connectivity index (χ3v) is 5.57. The SMILES string of the molecule is COc1cc(OC)c([C@@H]2OC(CSc3nc4ccccc4[nH]3)=NN2C(C)=O)cc1OC. The van der Waals surface area contributed by atoms with Gasteiger partial charge in [-0.2, -0.15) is 5.01 Å². The smallest absolute Gasteiger partial charge is 0.243 e. The van der Waals surface area contributed by atoms with Crippen molar-refractivity contribution in [2.24, 2.45) is 5.10 Å². The van der Waals surface area contributed by atoms with E-state index < -0.39 is 6.23 Å². The normalized spacial score (nSPS) is 15.5. The first kappa shape index (κ1) is 20.9. The zero-order chi connectivity index (χ0) is 22.0. The molecule has 0 spiro atoms. The molecule has 0 saturated heterocycles. The summed E-state index contributed by atoms with van der Waals surface area (Å²) in [4.78, 5) is 20.1. The summed E-state index contributed by atoms with van der Waals surface area (Å²) >= 11 is 1.44. The first-order valence-corrected chi connectivity index (χ1v) is 10.4. The van der Waals surface area contributed by atoms with Crippen molar-refractivity contribution in [3.63, 3.8) is 0 Å². The second-order valence-corrected chi connectivity index (χ2v) is 7.59. The highest BCUT2D eigenvalue weighted by Crippen LogP contribution is 2.41. The largest absolute Gasteiger partial charge is 0.496 e. The van der Waals surface area contributed by atoms with E-state index in [2.05, 4.69) is 15.1 Å². The molecular formula is C21H22N4O5S. The van der Waals surface area contributed by atoms with Crippen LogP contribution in [0.5, 0.6) is 17.2 Å². The number of ether oxygens (including phenoxy) is 4. The molecule has 0 radical (unpaired) electrons. The number of nitrogens with zero attached hydrogens (tertiary/aromatic N) is 3. The number of fused-ring (bicyclic) bond motifs is 1. The van der Waals surface area contributed by atoms with Gasteiger partial charge < -0.3 is 23.9 Å². The molecular weight excluding hydrogens is 420 g/mol. The third-order valence-electron chi connectivity index (χ3n) is 4.71. The van der Waals surface area contributed by atoms with Gasteiger partial charge in [-0.1, -0.05) is 23.9 Å². The van der Waals surface area contributed by atoms with E-state index in [1.165, 1.54) is 37.9 Å². The number of benzene rings is 2. The van der Waals surface area contributed by atoms with E-state index in [9.17, 15) is 4.79 Å². The lowest BCUT2D eigenvalue weighted by Gasteiger charge is -2.22. The molecule has 4 rings (SSSR count). The van der Waals surface area contributed by atoms with Gasteiger partial charge in [0.25, 0.3) is 0 Å². The van der Waals surface area contributed by atoms with Crippen molar-refractivity contribution < 1.29 is 23.7 Å². The lowest BCUT2D eigenvalue weighted by Crippen LogP contribution is -2.25. The molecule has 10 heteroatoms. The molecule has 1 aromatic heterocycles. The molecule has 0 saturated carbocycles. The van der Waals surface area contributed by atoms with Gasteiger partial charge in [-0.05, 0) is 18.2 Å². The minimum atomic E-state index is -0.779. The quantitative estimate of drug-likeness (QED) is 0.559.